The molecule has 0 aliphatic carbocycles. The highest BCUT2D eigenvalue weighted by molar-refractivity contribution is 5.89. The zero-order chi connectivity index (χ0) is 18.4. The van der Waals surface area contributed by atoms with Crippen molar-refractivity contribution in [1.82, 2.24) is 15.0 Å². The zero-order valence-corrected chi connectivity index (χ0v) is 14.0. The van der Waals surface area contributed by atoms with Crippen molar-refractivity contribution >= 4 is 17.5 Å². The van der Waals surface area contributed by atoms with Crippen LogP contribution in [0.5, 0.6) is 11.6 Å². The molecule has 0 bridgehead atoms. The average Bonchev–Trinajstić information content (AvgIpc) is 2.69. The molecule has 3 N–H and O–H groups in total. The molecule has 0 fully saturated rings. The minimum atomic E-state index is -0.417. The van der Waals surface area contributed by atoms with E-state index in [2.05, 4.69) is 25.0 Å². The third kappa shape index (κ3) is 4.04. The Morgan fingerprint density at radius 2 is 2.00 bits per heavy atom. The smallest absolute Gasteiger partial charge is 0.337 e. The van der Waals surface area contributed by atoms with Gasteiger partial charge < -0.3 is 20.5 Å². The summed E-state index contributed by atoms with van der Waals surface area (Å²) in [6, 6.07) is 10.3. The number of ether oxygens (including phenoxy) is 2. The van der Waals surface area contributed by atoms with Crippen molar-refractivity contribution in [3.05, 3.63) is 66.2 Å². The standard InChI is InChI=1S/C18H17N5O3/c1-25-18(24)13-4-6-14(7-5-13)26-17-15(19)16(22-11-23-17)21-10-12-3-2-8-20-9-12/h2-9,11H,10,19H2,1H3,(H,21,22,23). The van der Waals surface area contributed by atoms with Crippen LogP contribution in [0.25, 0.3) is 0 Å². The molecule has 0 unspecified atom stereocenters. The second-order valence-electron chi connectivity index (χ2n) is 5.27. The lowest BCUT2D eigenvalue weighted by molar-refractivity contribution is 0.0600. The van der Waals surface area contributed by atoms with Crippen LogP contribution in [0.4, 0.5) is 11.5 Å². The van der Waals surface area contributed by atoms with Crippen LogP contribution in [-0.4, -0.2) is 28.0 Å². The Balaban J connectivity index is 1.71. The van der Waals surface area contributed by atoms with Crippen molar-refractivity contribution in [2.45, 2.75) is 6.54 Å². The molecule has 8 nitrogen and oxygen atoms in total. The van der Waals surface area contributed by atoms with E-state index in [0.717, 1.165) is 5.56 Å². The first-order chi connectivity index (χ1) is 12.7. The van der Waals surface area contributed by atoms with Crippen molar-refractivity contribution < 1.29 is 14.3 Å². The molecule has 2 heterocycles. The number of methoxy groups -OCH3 is 1. The second-order valence-corrected chi connectivity index (χ2v) is 5.27. The number of nitrogens with two attached hydrogens (primary N) is 1. The molecule has 0 saturated heterocycles. The zero-order valence-electron chi connectivity index (χ0n) is 14.0. The van der Waals surface area contributed by atoms with Crippen LogP contribution in [0, 0.1) is 0 Å². The first kappa shape index (κ1) is 17.2. The van der Waals surface area contributed by atoms with Crippen LogP contribution in [0.3, 0.4) is 0 Å². The molecule has 2 aromatic heterocycles. The fraction of sp³-hybridized carbons (Fsp3) is 0.111. The van der Waals surface area contributed by atoms with Crippen LogP contribution in [0.2, 0.25) is 0 Å². The SMILES string of the molecule is COC(=O)c1ccc(Oc2ncnc(NCc3cccnc3)c2N)cc1. The molecular formula is C18H17N5O3. The van der Waals surface area contributed by atoms with Gasteiger partial charge in [-0.2, -0.15) is 4.98 Å². The molecule has 0 aliphatic heterocycles. The molecular weight excluding hydrogens is 334 g/mol. The predicted molar refractivity (Wildman–Crippen MR) is 95.9 cm³/mol. The van der Waals surface area contributed by atoms with Crippen molar-refractivity contribution in [2.75, 3.05) is 18.2 Å². The summed E-state index contributed by atoms with van der Waals surface area (Å²) in [4.78, 5) is 23.7. The van der Waals surface area contributed by atoms with Crippen molar-refractivity contribution in [1.29, 1.82) is 0 Å². The Kier molecular flexibility index (Phi) is 5.23. The van der Waals surface area contributed by atoms with Gasteiger partial charge in [-0.25, -0.2) is 9.78 Å². The highest BCUT2D eigenvalue weighted by atomic mass is 16.5. The molecule has 8 heteroatoms. The monoisotopic (exact) mass is 351 g/mol. The summed E-state index contributed by atoms with van der Waals surface area (Å²) in [7, 11) is 1.33. The number of nitrogens with one attached hydrogen (secondary N) is 1. The van der Waals surface area contributed by atoms with Crippen LogP contribution in [0.15, 0.2) is 55.1 Å². The van der Waals surface area contributed by atoms with Gasteiger partial charge in [-0.05, 0) is 35.9 Å². The van der Waals surface area contributed by atoms with Gasteiger partial charge in [0.2, 0.25) is 5.88 Å². The lowest BCUT2D eigenvalue weighted by Gasteiger charge is -2.12. The first-order valence-corrected chi connectivity index (χ1v) is 7.77. The van der Waals surface area contributed by atoms with Gasteiger partial charge in [0.25, 0.3) is 0 Å². The Morgan fingerprint density at radius 3 is 2.69 bits per heavy atom. The highest BCUT2D eigenvalue weighted by Gasteiger charge is 2.11. The fourth-order valence-corrected chi connectivity index (χ4v) is 2.18. The molecule has 1 aromatic carbocycles. The van der Waals surface area contributed by atoms with Crippen LogP contribution >= 0.6 is 0 Å². The van der Waals surface area contributed by atoms with E-state index in [9.17, 15) is 4.79 Å². The van der Waals surface area contributed by atoms with E-state index in [4.69, 9.17) is 10.5 Å². The normalized spacial score (nSPS) is 10.2. The number of hydrogen-bond donors (Lipinski definition) is 2. The Bertz CT molecular complexity index is 885. The predicted octanol–water partition coefficient (Wildman–Crippen LogP) is 2.64. The number of nitrogen functional groups attached to an aromatic ring is 1. The number of carbonyl (C=O) groups is 1. The molecule has 0 aliphatic rings. The number of hydrogen-bond acceptors (Lipinski definition) is 8. The average molecular weight is 351 g/mol. The minimum absolute atomic E-state index is 0.222. The summed E-state index contributed by atoms with van der Waals surface area (Å²) in [5.41, 5.74) is 7.80. The lowest BCUT2D eigenvalue weighted by Crippen LogP contribution is -2.07. The Hall–Kier alpha value is -3.68. The van der Waals surface area contributed by atoms with Crippen molar-refractivity contribution in [3.8, 4) is 11.6 Å². The van der Waals surface area contributed by atoms with Gasteiger partial charge in [0.15, 0.2) is 5.82 Å². The quantitative estimate of drug-likeness (QED) is 0.652. The van der Waals surface area contributed by atoms with Gasteiger partial charge >= 0.3 is 5.97 Å². The lowest BCUT2D eigenvalue weighted by atomic mass is 10.2. The number of esters is 1. The largest absolute Gasteiger partial charge is 0.465 e. The molecule has 0 saturated carbocycles. The van der Waals surface area contributed by atoms with E-state index in [-0.39, 0.29) is 11.6 Å². The van der Waals surface area contributed by atoms with Crippen LogP contribution < -0.4 is 15.8 Å². The van der Waals surface area contributed by atoms with E-state index in [0.29, 0.717) is 23.7 Å². The summed E-state index contributed by atoms with van der Waals surface area (Å²) >= 11 is 0. The summed E-state index contributed by atoms with van der Waals surface area (Å²) in [5, 5.41) is 3.13. The Labute approximate surface area is 150 Å². The van der Waals surface area contributed by atoms with Gasteiger partial charge in [0, 0.05) is 18.9 Å². The molecule has 132 valence electrons. The number of anilines is 2. The van der Waals surface area contributed by atoms with Gasteiger partial charge in [0.1, 0.15) is 17.8 Å². The Morgan fingerprint density at radius 1 is 1.19 bits per heavy atom. The number of nitrogens with zero attached hydrogens (tertiary/aromatic N) is 3. The number of aromatic nitrogens is 3. The van der Waals surface area contributed by atoms with Crippen molar-refractivity contribution in [2.24, 2.45) is 0 Å². The summed E-state index contributed by atoms with van der Waals surface area (Å²) in [6.07, 6.45) is 4.82. The maximum Gasteiger partial charge on any atom is 0.337 e. The maximum atomic E-state index is 11.5. The number of pyridine rings is 1. The van der Waals surface area contributed by atoms with Crippen molar-refractivity contribution in [3.63, 3.8) is 0 Å². The molecule has 0 atom stereocenters. The summed E-state index contributed by atoms with van der Waals surface area (Å²) in [6.45, 7) is 0.516. The molecule has 3 rings (SSSR count). The summed E-state index contributed by atoms with van der Waals surface area (Å²) in [5.74, 6) is 0.755. The van der Waals surface area contributed by atoms with E-state index in [1.807, 2.05) is 12.1 Å². The van der Waals surface area contributed by atoms with E-state index < -0.39 is 5.97 Å². The third-order valence-electron chi connectivity index (χ3n) is 3.52. The first-order valence-electron chi connectivity index (χ1n) is 7.77. The van der Waals surface area contributed by atoms with Gasteiger partial charge in [-0.3, -0.25) is 4.98 Å². The highest BCUT2D eigenvalue weighted by Crippen LogP contribution is 2.29. The van der Waals surface area contributed by atoms with Crippen LogP contribution in [-0.2, 0) is 11.3 Å². The number of benzene rings is 1. The van der Waals surface area contributed by atoms with Gasteiger partial charge in [-0.1, -0.05) is 6.07 Å². The van der Waals surface area contributed by atoms with E-state index >= 15 is 0 Å². The fourth-order valence-electron chi connectivity index (χ4n) is 2.18. The second kappa shape index (κ2) is 7.93. The van der Waals surface area contributed by atoms with Gasteiger partial charge in [-0.15, -0.1) is 0 Å². The topological polar surface area (TPSA) is 112 Å². The summed E-state index contributed by atoms with van der Waals surface area (Å²) < 4.78 is 10.3. The molecule has 0 radical (unpaired) electrons. The maximum absolute atomic E-state index is 11.5. The van der Waals surface area contributed by atoms with Gasteiger partial charge in [0.05, 0.1) is 12.7 Å². The molecule has 3 aromatic rings. The number of carbonyl (C=O) groups excluding carboxylic acids is 1. The molecule has 0 spiro atoms. The minimum Gasteiger partial charge on any atom is -0.465 e. The third-order valence-corrected chi connectivity index (χ3v) is 3.52. The number of rotatable bonds is 6. The van der Waals surface area contributed by atoms with E-state index in [1.165, 1.54) is 13.4 Å². The molecule has 26 heavy (non-hydrogen) atoms. The van der Waals surface area contributed by atoms with E-state index in [1.54, 1.807) is 36.7 Å². The van der Waals surface area contributed by atoms with Crippen LogP contribution in [0.1, 0.15) is 15.9 Å². The molecule has 0 amide bonds.